The van der Waals surface area contributed by atoms with Crippen LogP contribution in [0.4, 0.5) is 0 Å². The molecule has 0 spiro atoms. The lowest BCUT2D eigenvalue weighted by Gasteiger charge is -2.08. The van der Waals surface area contributed by atoms with E-state index in [0.717, 1.165) is 24.2 Å². The summed E-state index contributed by atoms with van der Waals surface area (Å²) >= 11 is 0. The maximum absolute atomic E-state index is 11.7. The molecule has 5 nitrogen and oxygen atoms in total. The van der Waals surface area contributed by atoms with Crippen molar-refractivity contribution in [1.82, 2.24) is 14.8 Å². The lowest BCUT2D eigenvalue weighted by molar-refractivity contribution is -0.129. The summed E-state index contributed by atoms with van der Waals surface area (Å²) < 4.78 is 1.75. The third-order valence-electron chi connectivity index (χ3n) is 2.81. The van der Waals surface area contributed by atoms with Gasteiger partial charge >= 0.3 is 0 Å². The molecule has 1 saturated carbocycles. The summed E-state index contributed by atoms with van der Waals surface area (Å²) in [6, 6.07) is 2.26. The van der Waals surface area contributed by atoms with E-state index in [-0.39, 0.29) is 5.91 Å². The highest BCUT2D eigenvalue weighted by molar-refractivity contribution is 6.12. The number of rotatable bonds is 2. The van der Waals surface area contributed by atoms with Crippen LogP contribution in [-0.2, 0) is 11.8 Å². The molecule has 1 fully saturated rings. The van der Waals surface area contributed by atoms with E-state index in [4.69, 9.17) is 0 Å². The van der Waals surface area contributed by atoms with Crippen molar-refractivity contribution in [2.45, 2.75) is 25.3 Å². The fourth-order valence-corrected chi connectivity index (χ4v) is 1.85. The van der Waals surface area contributed by atoms with Crippen LogP contribution in [0, 0.1) is 0 Å². The monoisotopic (exact) mass is 204 g/mol. The van der Waals surface area contributed by atoms with Gasteiger partial charge in [0.2, 0.25) is 5.91 Å². The molecule has 78 valence electrons. The Kier molecular flexibility index (Phi) is 1.68. The first-order valence-corrected chi connectivity index (χ1v) is 5.13. The Morgan fingerprint density at radius 1 is 1.47 bits per heavy atom. The lowest BCUT2D eigenvalue weighted by atomic mass is 10.2. The predicted octanol–water partition coefficient (Wildman–Crippen LogP) is 0.519. The van der Waals surface area contributed by atoms with Crippen molar-refractivity contribution in [2.24, 2.45) is 12.1 Å². The van der Waals surface area contributed by atoms with Crippen molar-refractivity contribution in [3.8, 4) is 0 Å². The van der Waals surface area contributed by atoms with Gasteiger partial charge in [-0.25, -0.2) is 5.01 Å². The normalized spacial score (nSPS) is 21.0. The molecule has 0 saturated heterocycles. The Balaban J connectivity index is 1.92. The lowest BCUT2D eigenvalue weighted by Crippen LogP contribution is -2.22. The Morgan fingerprint density at radius 2 is 2.27 bits per heavy atom. The first-order valence-electron chi connectivity index (χ1n) is 5.13. The highest BCUT2D eigenvalue weighted by atomic mass is 16.2. The number of hydrogen-bond donors (Lipinski definition) is 0. The Hall–Kier alpha value is -1.65. The van der Waals surface area contributed by atoms with Gasteiger partial charge in [0.15, 0.2) is 0 Å². The van der Waals surface area contributed by atoms with Crippen LogP contribution in [0.15, 0.2) is 17.4 Å². The highest BCUT2D eigenvalue weighted by Gasteiger charge is 2.37. The van der Waals surface area contributed by atoms with E-state index in [1.807, 2.05) is 13.1 Å². The standard InChI is InChI=1S/C10H12N4O/c1-13-9(4-5-11-13)8-6-10(15)14(12-8)7-2-3-7/h4-5,7H,2-3,6H2,1H3. The molecular weight excluding hydrogens is 192 g/mol. The minimum Gasteiger partial charge on any atom is -0.272 e. The molecule has 0 N–H and O–H groups in total. The third kappa shape index (κ3) is 1.35. The zero-order valence-corrected chi connectivity index (χ0v) is 8.55. The summed E-state index contributed by atoms with van der Waals surface area (Å²) in [4.78, 5) is 11.7. The van der Waals surface area contributed by atoms with Gasteiger partial charge in [-0.1, -0.05) is 0 Å². The molecule has 5 heteroatoms. The van der Waals surface area contributed by atoms with Gasteiger partial charge in [0.25, 0.3) is 0 Å². The van der Waals surface area contributed by atoms with Crippen LogP contribution in [-0.4, -0.2) is 32.5 Å². The highest BCUT2D eigenvalue weighted by Crippen LogP contribution is 2.30. The number of carbonyl (C=O) groups excluding carboxylic acids is 1. The molecule has 0 unspecified atom stereocenters. The molecule has 1 aromatic rings. The summed E-state index contributed by atoms with van der Waals surface area (Å²) in [7, 11) is 1.86. The van der Waals surface area contributed by atoms with Crippen LogP contribution in [0.5, 0.6) is 0 Å². The molecule has 2 aliphatic rings. The van der Waals surface area contributed by atoms with Crippen LogP contribution in [0.3, 0.4) is 0 Å². The Labute approximate surface area is 87.4 Å². The molecule has 2 heterocycles. The fourth-order valence-electron chi connectivity index (χ4n) is 1.85. The summed E-state index contributed by atoms with van der Waals surface area (Å²) in [6.45, 7) is 0. The van der Waals surface area contributed by atoms with Crippen molar-refractivity contribution < 1.29 is 4.79 Å². The number of hydrogen-bond acceptors (Lipinski definition) is 3. The van der Waals surface area contributed by atoms with Crippen molar-refractivity contribution in [2.75, 3.05) is 0 Å². The van der Waals surface area contributed by atoms with Gasteiger partial charge in [-0.05, 0) is 18.9 Å². The molecule has 0 aromatic carbocycles. The molecular formula is C10H12N4O. The number of nitrogens with zero attached hydrogens (tertiary/aromatic N) is 4. The van der Waals surface area contributed by atoms with Crippen LogP contribution in [0.2, 0.25) is 0 Å². The summed E-state index contributed by atoms with van der Waals surface area (Å²) in [5, 5.41) is 10.1. The Bertz CT molecular complexity index is 444. The Morgan fingerprint density at radius 3 is 2.87 bits per heavy atom. The van der Waals surface area contributed by atoms with Crippen molar-refractivity contribution in [3.63, 3.8) is 0 Å². The number of aromatic nitrogens is 2. The van der Waals surface area contributed by atoms with E-state index >= 15 is 0 Å². The number of amides is 1. The molecule has 1 aromatic heterocycles. The molecule has 1 aliphatic carbocycles. The first kappa shape index (κ1) is 8.64. The van der Waals surface area contributed by atoms with Gasteiger partial charge in [-0.3, -0.25) is 9.48 Å². The second kappa shape index (κ2) is 2.92. The van der Waals surface area contributed by atoms with Crippen LogP contribution < -0.4 is 0 Å². The predicted molar refractivity (Wildman–Crippen MR) is 54.2 cm³/mol. The smallest absolute Gasteiger partial charge is 0.249 e. The van der Waals surface area contributed by atoms with Crippen molar-refractivity contribution in [1.29, 1.82) is 0 Å². The number of carbonyl (C=O) groups is 1. The number of hydrazone groups is 1. The van der Waals surface area contributed by atoms with E-state index in [1.54, 1.807) is 15.9 Å². The largest absolute Gasteiger partial charge is 0.272 e. The van der Waals surface area contributed by atoms with Gasteiger partial charge in [-0.15, -0.1) is 0 Å². The molecule has 0 radical (unpaired) electrons. The van der Waals surface area contributed by atoms with Crippen molar-refractivity contribution in [3.05, 3.63) is 18.0 Å². The third-order valence-corrected chi connectivity index (χ3v) is 2.81. The van der Waals surface area contributed by atoms with Gasteiger partial charge < -0.3 is 0 Å². The fraction of sp³-hybridized carbons (Fsp3) is 0.500. The summed E-state index contributed by atoms with van der Waals surface area (Å²) in [5.74, 6) is 0.119. The zero-order valence-electron chi connectivity index (χ0n) is 8.55. The second-order valence-corrected chi connectivity index (χ2v) is 4.03. The molecule has 0 bridgehead atoms. The zero-order chi connectivity index (χ0) is 10.4. The molecule has 1 amide bonds. The van der Waals surface area contributed by atoms with Gasteiger partial charge in [-0.2, -0.15) is 10.2 Å². The van der Waals surface area contributed by atoms with E-state index in [9.17, 15) is 4.79 Å². The average Bonchev–Trinajstić information content (AvgIpc) is 2.85. The van der Waals surface area contributed by atoms with E-state index in [0.29, 0.717) is 12.5 Å². The maximum atomic E-state index is 11.7. The van der Waals surface area contributed by atoms with Crippen molar-refractivity contribution >= 4 is 11.6 Å². The van der Waals surface area contributed by atoms with E-state index in [1.165, 1.54) is 0 Å². The van der Waals surface area contributed by atoms with Crippen LogP contribution in [0.25, 0.3) is 0 Å². The minimum atomic E-state index is 0.119. The maximum Gasteiger partial charge on any atom is 0.249 e. The average molecular weight is 204 g/mol. The molecule has 1 aliphatic heterocycles. The van der Waals surface area contributed by atoms with E-state index < -0.39 is 0 Å². The SMILES string of the molecule is Cn1nccc1C1=NN(C2CC2)C(=O)C1. The molecule has 15 heavy (non-hydrogen) atoms. The molecule has 0 atom stereocenters. The van der Waals surface area contributed by atoms with Gasteiger partial charge in [0, 0.05) is 13.2 Å². The second-order valence-electron chi connectivity index (χ2n) is 4.03. The first-order chi connectivity index (χ1) is 7.25. The minimum absolute atomic E-state index is 0.119. The van der Waals surface area contributed by atoms with E-state index in [2.05, 4.69) is 10.2 Å². The summed E-state index contributed by atoms with van der Waals surface area (Å²) in [6.07, 6.45) is 4.32. The van der Waals surface area contributed by atoms with Crippen LogP contribution in [0.1, 0.15) is 25.0 Å². The number of aryl methyl sites for hydroxylation is 1. The molecule has 3 rings (SSSR count). The summed E-state index contributed by atoms with van der Waals surface area (Å²) in [5.41, 5.74) is 1.78. The topological polar surface area (TPSA) is 50.5 Å². The van der Waals surface area contributed by atoms with Gasteiger partial charge in [0.05, 0.1) is 23.9 Å². The quantitative estimate of drug-likeness (QED) is 0.705. The van der Waals surface area contributed by atoms with Crippen LogP contribution >= 0.6 is 0 Å². The van der Waals surface area contributed by atoms with Gasteiger partial charge in [0.1, 0.15) is 0 Å².